The van der Waals surface area contributed by atoms with E-state index in [1.807, 2.05) is 12.1 Å². The molecule has 33 heavy (non-hydrogen) atoms. The zero-order valence-corrected chi connectivity index (χ0v) is 23.9. The zero-order valence-electron chi connectivity index (χ0n) is 19.1. The van der Waals surface area contributed by atoms with Crippen LogP contribution >= 0.6 is 0 Å². The average molecular weight is 552 g/mol. The second-order valence-corrected chi connectivity index (χ2v) is 13.4. The number of allylic oxidation sites excluding steroid dienone is 4. The normalized spacial score (nSPS) is 17.8. The number of rotatable bonds is 4. The van der Waals surface area contributed by atoms with Crippen LogP contribution in [-0.4, -0.2) is 8.07 Å². The number of halogens is 4. The van der Waals surface area contributed by atoms with Crippen LogP contribution in [0.2, 0.25) is 5.04 Å². The minimum absolute atomic E-state index is 0. The summed E-state index contributed by atoms with van der Waals surface area (Å²) in [5, 5.41) is 3.80. The van der Waals surface area contributed by atoms with E-state index in [0.717, 1.165) is 0 Å². The van der Waals surface area contributed by atoms with E-state index in [4.69, 9.17) is 0 Å². The van der Waals surface area contributed by atoms with E-state index >= 15 is 0 Å². The summed E-state index contributed by atoms with van der Waals surface area (Å²) < 4.78 is 15.5. The third-order valence-corrected chi connectivity index (χ3v) is 14.7. The second kappa shape index (κ2) is 11.5. The molecule has 1 aliphatic carbocycles. The van der Waals surface area contributed by atoms with E-state index in [1.165, 1.54) is 36.2 Å². The molecule has 0 bridgehead atoms. The molecule has 3 aromatic rings. The van der Waals surface area contributed by atoms with Crippen LogP contribution in [0.3, 0.4) is 0 Å². The van der Waals surface area contributed by atoms with Gasteiger partial charge < -0.3 is 37.2 Å². The third-order valence-electron chi connectivity index (χ3n) is 7.19. The third kappa shape index (κ3) is 4.47. The molecule has 0 nitrogen and oxygen atoms in total. The Morgan fingerprint density at radius 1 is 0.636 bits per heavy atom. The molecule has 1 unspecified atom stereocenters. The van der Waals surface area contributed by atoms with Crippen LogP contribution in [0.5, 0.6) is 0 Å². The van der Waals surface area contributed by atoms with Gasteiger partial charge in [0.15, 0.2) is 0 Å². The van der Waals surface area contributed by atoms with Gasteiger partial charge in [-0.3, -0.25) is 0 Å². The van der Waals surface area contributed by atoms with Crippen molar-refractivity contribution < 1.29 is 62.0 Å². The Kier molecular flexibility index (Phi) is 10.5. The molecule has 0 amide bonds. The van der Waals surface area contributed by atoms with Crippen molar-refractivity contribution in [3.05, 3.63) is 111 Å². The number of hydrogen-bond acceptors (Lipinski definition) is 0. The fraction of sp³-hybridized carbons (Fsp3) is 0.185. The van der Waals surface area contributed by atoms with Gasteiger partial charge in [0.1, 0.15) is 0 Å². The molecular weight excluding hydrogens is 526 g/mol. The molecule has 3 aromatic carbocycles. The van der Waals surface area contributed by atoms with Crippen molar-refractivity contribution in [3.63, 3.8) is 0 Å². The first-order valence-electron chi connectivity index (χ1n) is 10.3. The fourth-order valence-corrected chi connectivity index (χ4v) is 12.9. The standard InChI is InChI=1S/C27H26FSi.3ClH.Ti/c1-20-19-27(4,22(3)21(20)2)29(24-11-7-5-8-12-24,25-13-9-6-10-14-25)26-17-15-23(28)16-18-26;;;;/h5-18H,1-4H3;3*1H;/q;;;;+3/p-3. The number of hydrogen-bond donors (Lipinski definition) is 0. The van der Waals surface area contributed by atoms with Crippen molar-refractivity contribution >= 4 is 23.6 Å². The molecule has 0 N–H and O–H groups in total. The smallest absolute Gasteiger partial charge is 1.00 e. The van der Waals surface area contributed by atoms with Gasteiger partial charge in [-0.2, -0.15) is 0 Å². The molecule has 0 spiro atoms. The summed E-state index contributed by atoms with van der Waals surface area (Å²) in [6, 6.07) is 29.1. The average Bonchev–Trinajstić information content (AvgIpc) is 2.93. The van der Waals surface area contributed by atoms with Crippen molar-refractivity contribution in [1.29, 1.82) is 0 Å². The van der Waals surface area contributed by atoms with Gasteiger partial charge in [0.05, 0.1) is 0 Å². The molecule has 4 rings (SSSR count). The van der Waals surface area contributed by atoms with Crippen molar-refractivity contribution in [2.24, 2.45) is 0 Å². The molecule has 1 atom stereocenters. The first kappa shape index (κ1) is 29.9. The first-order valence-corrected chi connectivity index (χ1v) is 13.1. The van der Waals surface area contributed by atoms with E-state index in [9.17, 15) is 4.39 Å². The van der Waals surface area contributed by atoms with E-state index < -0.39 is 8.07 Å². The molecule has 170 valence electrons. The summed E-state index contributed by atoms with van der Waals surface area (Å²) in [6.07, 6.45) is 0. The van der Waals surface area contributed by atoms with Gasteiger partial charge >= 0.3 is 193 Å². The van der Waals surface area contributed by atoms with Crippen LogP contribution in [0.4, 0.5) is 4.39 Å². The topological polar surface area (TPSA) is 0 Å². The molecule has 0 aromatic heterocycles. The summed E-state index contributed by atoms with van der Waals surface area (Å²) in [6.45, 7) is 9.22. The van der Waals surface area contributed by atoms with Gasteiger partial charge in [-0.05, 0) is 0 Å². The molecule has 0 heterocycles. The Balaban J connectivity index is 0.00000181. The van der Waals surface area contributed by atoms with Crippen LogP contribution < -0.4 is 52.8 Å². The summed E-state index contributed by atoms with van der Waals surface area (Å²) in [4.78, 5) is 0. The van der Waals surface area contributed by atoms with E-state index in [-0.39, 0.29) is 48.1 Å². The van der Waals surface area contributed by atoms with Crippen LogP contribution in [0.15, 0.2) is 106 Å². The monoisotopic (exact) mass is 550 g/mol. The van der Waals surface area contributed by atoms with Gasteiger partial charge in [-0.1, -0.05) is 0 Å². The van der Waals surface area contributed by atoms with Crippen molar-refractivity contribution in [1.82, 2.24) is 0 Å². The van der Waals surface area contributed by atoms with Crippen molar-refractivity contribution in [3.8, 4) is 0 Å². The molecule has 0 fully saturated rings. The molecule has 1 aliphatic rings. The van der Waals surface area contributed by atoms with Gasteiger partial charge in [0.2, 0.25) is 0 Å². The Labute approximate surface area is 228 Å². The predicted molar refractivity (Wildman–Crippen MR) is 123 cm³/mol. The maximum Gasteiger partial charge on any atom is -1.00 e. The van der Waals surface area contributed by atoms with Gasteiger partial charge in [-0.15, -0.1) is 0 Å². The molecule has 0 radical (unpaired) electrons. The molecule has 0 saturated heterocycles. The van der Waals surface area contributed by atoms with Gasteiger partial charge in [-0.25, -0.2) is 0 Å². The van der Waals surface area contributed by atoms with Crippen LogP contribution in [0.25, 0.3) is 0 Å². The fourth-order valence-electron chi connectivity index (χ4n) is 5.32. The minimum Gasteiger partial charge on any atom is -1.00 e. The van der Waals surface area contributed by atoms with E-state index in [1.54, 1.807) is 12.1 Å². The maximum atomic E-state index is 14.0. The molecule has 0 saturated carbocycles. The Bertz CT molecular complexity index is 1080. The summed E-state index contributed by atoms with van der Waals surface area (Å²) >= 11 is 2.30. The van der Waals surface area contributed by atoms with Crippen LogP contribution in [0.1, 0.15) is 27.7 Å². The van der Waals surface area contributed by atoms with Gasteiger partial charge in [0, 0.05) is 0 Å². The van der Waals surface area contributed by atoms with E-state index in [0.29, 0.717) is 0 Å². The Morgan fingerprint density at radius 2 is 1.03 bits per heavy atom. The number of benzene rings is 3. The summed E-state index contributed by atoms with van der Waals surface area (Å²) in [5.41, 5.74) is 4.21. The largest absolute Gasteiger partial charge is 1.00 e. The van der Waals surface area contributed by atoms with Crippen LogP contribution in [-0.2, 0) is 20.4 Å². The summed E-state index contributed by atoms with van der Waals surface area (Å²) in [7, 11) is -2.63. The zero-order chi connectivity index (χ0) is 21.5. The first-order chi connectivity index (χ1) is 14.3. The molecular formula is C27H26Cl3FSiTi. The molecule has 0 aliphatic heterocycles. The van der Waals surface area contributed by atoms with Crippen LogP contribution in [0, 0.1) is 5.82 Å². The SMILES string of the molecule is CC1=C(C)C(C)([Si](c2ccccc2)(c2ccccc2)c2ccc(F)cc2)[C]([Ti+3])=C1C.[Cl-].[Cl-].[Cl-]. The Morgan fingerprint density at radius 3 is 1.39 bits per heavy atom. The molecule has 6 heteroatoms. The maximum absolute atomic E-state index is 14.0. The minimum atomic E-state index is -2.63. The van der Waals surface area contributed by atoms with Gasteiger partial charge in [0.25, 0.3) is 0 Å². The summed E-state index contributed by atoms with van der Waals surface area (Å²) in [5.74, 6) is -0.189. The van der Waals surface area contributed by atoms with E-state index in [2.05, 4.69) is 109 Å². The second-order valence-electron chi connectivity index (χ2n) is 8.36. The van der Waals surface area contributed by atoms with Crippen molar-refractivity contribution in [2.75, 3.05) is 0 Å². The van der Waals surface area contributed by atoms with Crippen molar-refractivity contribution in [2.45, 2.75) is 32.7 Å². The predicted octanol–water partition coefficient (Wildman–Crippen LogP) is -3.76. The quantitative estimate of drug-likeness (QED) is 0.231. The Hall–Kier alpha value is -1.13.